The lowest BCUT2D eigenvalue weighted by Crippen LogP contribution is -2.42. The summed E-state index contributed by atoms with van der Waals surface area (Å²) in [5, 5.41) is 0. The molecule has 2 heterocycles. The van der Waals surface area contributed by atoms with Crippen LogP contribution in [0, 0.1) is 11.7 Å². The number of imidazole rings is 1. The van der Waals surface area contributed by atoms with Gasteiger partial charge in [0.25, 0.3) is 5.91 Å². The van der Waals surface area contributed by atoms with Gasteiger partial charge in [0.1, 0.15) is 17.3 Å². The Morgan fingerprint density at radius 3 is 2.84 bits per heavy atom. The van der Waals surface area contributed by atoms with E-state index in [4.69, 9.17) is 4.74 Å². The molecule has 1 aromatic carbocycles. The fourth-order valence-electron chi connectivity index (χ4n) is 3.09. The van der Waals surface area contributed by atoms with Crippen LogP contribution in [0.15, 0.2) is 29.2 Å². The molecule has 3 rings (SSSR count). The van der Waals surface area contributed by atoms with Crippen LogP contribution in [-0.4, -0.2) is 46.8 Å². The SMILES string of the molecule is COc1ccc(F)cc1C(=O)C1CCCN(C(=O)c2c[nH]c(=O)[nH]2)C1. The lowest BCUT2D eigenvalue weighted by molar-refractivity contribution is 0.0631. The van der Waals surface area contributed by atoms with Gasteiger partial charge >= 0.3 is 5.69 Å². The molecule has 1 fully saturated rings. The molecule has 1 unspecified atom stereocenters. The van der Waals surface area contributed by atoms with Gasteiger partial charge in [-0.2, -0.15) is 0 Å². The standard InChI is InChI=1S/C17H18FN3O4/c1-25-14-5-4-11(18)7-12(14)15(22)10-3-2-6-21(9-10)16(23)13-8-19-17(24)20-13/h4-5,7-8,10H,2-3,6,9H2,1H3,(H2,19,20,24). The Labute approximate surface area is 142 Å². The van der Waals surface area contributed by atoms with Crippen molar-refractivity contribution in [3.63, 3.8) is 0 Å². The van der Waals surface area contributed by atoms with E-state index in [0.717, 1.165) is 6.07 Å². The molecule has 1 saturated heterocycles. The molecule has 1 atom stereocenters. The zero-order chi connectivity index (χ0) is 18.0. The number of Topliss-reactive ketones (excluding diaryl/α,β-unsaturated/α-hetero) is 1. The highest BCUT2D eigenvalue weighted by atomic mass is 19.1. The summed E-state index contributed by atoms with van der Waals surface area (Å²) in [5.41, 5.74) is -0.129. The maximum absolute atomic E-state index is 13.5. The third kappa shape index (κ3) is 3.47. The average Bonchev–Trinajstić information content (AvgIpc) is 3.07. The van der Waals surface area contributed by atoms with Gasteiger partial charge in [0.05, 0.1) is 12.7 Å². The van der Waals surface area contributed by atoms with Gasteiger partial charge in [0.15, 0.2) is 5.78 Å². The Hall–Kier alpha value is -2.90. The number of likely N-dealkylation sites (tertiary alicyclic amines) is 1. The van der Waals surface area contributed by atoms with Gasteiger partial charge in [-0.3, -0.25) is 9.59 Å². The fourth-order valence-corrected chi connectivity index (χ4v) is 3.09. The molecule has 2 aromatic rings. The second-order valence-electron chi connectivity index (χ2n) is 5.96. The summed E-state index contributed by atoms with van der Waals surface area (Å²) in [6.45, 7) is 0.709. The van der Waals surface area contributed by atoms with Crippen molar-refractivity contribution in [1.82, 2.24) is 14.9 Å². The second-order valence-corrected chi connectivity index (χ2v) is 5.96. The van der Waals surface area contributed by atoms with E-state index in [1.54, 1.807) is 0 Å². The first-order chi connectivity index (χ1) is 12.0. The topological polar surface area (TPSA) is 95.3 Å². The zero-order valence-corrected chi connectivity index (χ0v) is 13.7. The van der Waals surface area contributed by atoms with Crippen LogP contribution in [0.25, 0.3) is 0 Å². The predicted octanol–water partition coefficient (Wildman–Crippen LogP) is 1.59. The molecule has 132 valence electrons. The quantitative estimate of drug-likeness (QED) is 0.821. The summed E-state index contributed by atoms with van der Waals surface area (Å²) in [4.78, 5) is 42.7. The molecule has 25 heavy (non-hydrogen) atoms. The number of nitrogens with one attached hydrogen (secondary N) is 2. The predicted molar refractivity (Wildman–Crippen MR) is 87.3 cm³/mol. The van der Waals surface area contributed by atoms with Crippen LogP contribution < -0.4 is 10.4 Å². The van der Waals surface area contributed by atoms with Crippen molar-refractivity contribution in [2.24, 2.45) is 5.92 Å². The number of halogens is 1. The average molecular weight is 347 g/mol. The molecule has 0 spiro atoms. The van der Waals surface area contributed by atoms with Gasteiger partial charge in [-0.15, -0.1) is 0 Å². The fraction of sp³-hybridized carbons (Fsp3) is 0.353. The molecule has 1 aliphatic heterocycles. The van der Waals surface area contributed by atoms with Gasteiger partial charge in [0, 0.05) is 25.2 Å². The highest BCUT2D eigenvalue weighted by Crippen LogP contribution is 2.27. The smallest absolute Gasteiger partial charge is 0.323 e. The molecule has 1 aliphatic rings. The van der Waals surface area contributed by atoms with Crippen molar-refractivity contribution >= 4 is 11.7 Å². The van der Waals surface area contributed by atoms with E-state index in [1.165, 1.54) is 30.3 Å². The van der Waals surface area contributed by atoms with Crippen LogP contribution in [0.4, 0.5) is 4.39 Å². The van der Waals surface area contributed by atoms with Gasteiger partial charge in [-0.05, 0) is 31.0 Å². The first-order valence-electron chi connectivity index (χ1n) is 7.94. The number of nitrogens with zero attached hydrogens (tertiary/aromatic N) is 1. The molecule has 1 aromatic heterocycles. The van der Waals surface area contributed by atoms with Crippen molar-refractivity contribution in [3.8, 4) is 5.75 Å². The number of ether oxygens (including phenoxy) is 1. The molecule has 2 N–H and O–H groups in total. The summed E-state index contributed by atoms with van der Waals surface area (Å²) in [6, 6.07) is 3.80. The van der Waals surface area contributed by atoms with E-state index >= 15 is 0 Å². The Morgan fingerprint density at radius 1 is 1.36 bits per heavy atom. The number of benzene rings is 1. The third-order valence-electron chi connectivity index (χ3n) is 4.33. The molecule has 7 nitrogen and oxygen atoms in total. The molecule has 8 heteroatoms. The molecule has 1 amide bonds. The molecular weight excluding hydrogens is 329 g/mol. The molecule has 0 radical (unpaired) electrons. The van der Waals surface area contributed by atoms with E-state index in [2.05, 4.69) is 9.97 Å². The van der Waals surface area contributed by atoms with Gasteiger partial charge < -0.3 is 19.6 Å². The van der Waals surface area contributed by atoms with Crippen molar-refractivity contribution in [3.05, 3.63) is 52.0 Å². The lowest BCUT2D eigenvalue weighted by atomic mass is 9.89. The first-order valence-corrected chi connectivity index (χ1v) is 7.94. The number of carbonyl (C=O) groups excluding carboxylic acids is 2. The van der Waals surface area contributed by atoms with E-state index in [0.29, 0.717) is 25.1 Å². The summed E-state index contributed by atoms with van der Waals surface area (Å²) < 4.78 is 18.7. The Morgan fingerprint density at radius 2 is 2.16 bits per heavy atom. The van der Waals surface area contributed by atoms with Crippen molar-refractivity contribution in [1.29, 1.82) is 0 Å². The highest BCUT2D eigenvalue weighted by molar-refractivity contribution is 6.01. The number of aromatic amines is 2. The summed E-state index contributed by atoms with van der Waals surface area (Å²) in [5.74, 6) is -1.25. The minimum Gasteiger partial charge on any atom is -0.496 e. The van der Waals surface area contributed by atoms with Crippen molar-refractivity contribution in [2.75, 3.05) is 20.2 Å². The van der Waals surface area contributed by atoms with Crippen molar-refractivity contribution < 1.29 is 18.7 Å². The number of rotatable bonds is 4. The highest BCUT2D eigenvalue weighted by Gasteiger charge is 2.31. The van der Waals surface area contributed by atoms with Crippen LogP contribution in [0.1, 0.15) is 33.7 Å². The van der Waals surface area contributed by atoms with Gasteiger partial charge in [0.2, 0.25) is 0 Å². The van der Waals surface area contributed by atoms with E-state index in [9.17, 15) is 18.8 Å². The monoisotopic (exact) mass is 347 g/mol. The number of hydrogen-bond acceptors (Lipinski definition) is 4. The van der Waals surface area contributed by atoms with E-state index in [-0.39, 0.29) is 29.5 Å². The first kappa shape index (κ1) is 16.9. The van der Waals surface area contributed by atoms with Gasteiger partial charge in [-0.25, -0.2) is 9.18 Å². The summed E-state index contributed by atoms with van der Waals surface area (Å²) in [6.07, 6.45) is 2.56. The Kier molecular flexibility index (Phi) is 4.69. The Balaban J connectivity index is 1.79. The molecular formula is C17H18FN3O4. The zero-order valence-electron chi connectivity index (χ0n) is 13.7. The number of methoxy groups -OCH3 is 1. The van der Waals surface area contributed by atoms with Crippen LogP contribution in [0.5, 0.6) is 5.75 Å². The summed E-state index contributed by atoms with van der Waals surface area (Å²) >= 11 is 0. The summed E-state index contributed by atoms with van der Waals surface area (Å²) in [7, 11) is 1.42. The van der Waals surface area contributed by atoms with E-state index < -0.39 is 17.4 Å². The number of ketones is 1. The number of H-pyrrole nitrogens is 2. The van der Waals surface area contributed by atoms with Crippen LogP contribution >= 0.6 is 0 Å². The number of amides is 1. The second kappa shape index (κ2) is 6.92. The number of piperidine rings is 1. The molecule has 0 aliphatic carbocycles. The largest absolute Gasteiger partial charge is 0.496 e. The van der Waals surface area contributed by atoms with Crippen LogP contribution in [0.2, 0.25) is 0 Å². The van der Waals surface area contributed by atoms with Gasteiger partial charge in [-0.1, -0.05) is 0 Å². The van der Waals surface area contributed by atoms with Crippen molar-refractivity contribution in [2.45, 2.75) is 12.8 Å². The Bertz CT molecular complexity index is 858. The van der Waals surface area contributed by atoms with Crippen LogP contribution in [0.3, 0.4) is 0 Å². The lowest BCUT2D eigenvalue weighted by Gasteiger charge is -2.31. The maximum atomic E-state index is 13.5. The normalized spacial score (nSPS) is 17.4. The third-order valence-corrected chi connectivity index (χ3v) is 4.33. The number of carbonyl (C=O) groups is 2. The minimum atomic E-state index is -0.516. The molecule has 0 saturated carbocycles. The van der Waals surface area contributed by atoms with E-state index in [1.807, 2.05) is 0 Å². The maximum Gasteiger partial charge on any atom is 0.323 e. The number of hydrogen-bond donors (Lipinski definition) is 2. The number of aromatic nitrogens is 2. The van der Waals surface area contributed by atoms with Crippen LogP contribution in [-0.2, 0) is 0 Å². The molecule has 0 bridgehead atoms. The minimum absolute atomic E-state index is 0.154.